The van der Waals surface area contributed by atoms with Gasteiger partial charge in [-0.3, -0.25) is 0 Å². The van der Waals surface area contributed by atoms with Gasteiger partial charge in [0, 0.05) is 18.4 Å². The molecule has 158 valence electrons. The minimum atomic E-state index is 0.313. The molecule has 4 N–H and O–H groups in total. The Bertz CT molecular complexity index is 587. The molecule has 2 aliphatic rings. The lowest BCUT2D eigenvalue weighted by molar-refractivity contribution is -1.03. The Morgan fingerprint density at radius 3 is 1.96 bits per heavy atom. The highest BCUT2D eigenvalue weighted by molar-refractivity contribution is 5.53. The van der Waals surface area contributed by atoms with Crippen molar-refractivity contribution in [2.45, 2.75) is 25.4 Å². The first-order valence-corrected chi connectivity index (χ1v) is 10.6. The fraction of sp³-hybridized carbons (Fsp3) is 0.714. The maximum atomic E-state index is 9.13. The summed E-state index contributed by atoms with van der Waals surface area (Å²) in [7, 11) is 4.98. The van der Waals surface area contributed by atoms with E-state index in [1.165, 1.54) is 57.7 Å². The Morgan fingerprint density at radius 1 is 0.857 bits per heavy atom. The summed E-state index contributed by atoms with van der Waals surface area (Å²) in [5.41, 5.74) is 1.23. The van der Waals surface area contributed by atoms with Crippen molar-refractivity contribution in [2.75, 3.05) is 73.7 Å². The SMILES string of the molecule is COc1cc(C[NH+]2CCC([NH+]3CC[NH+](CCO)CC3)CC2)cc(OC)c1OC. The van der Waals surface area contributed by atoms with Crippen molar-refractivity contribution in [3.05, 3.63) is 17.7 Å². The Kier molecular flexibility index (Phi) is 7.79. The predicted octanol–water partition coefficient (Wildman–Crippen LogP) is -2.96. The van der Waals surface area contributed by atoms with E-state index in [1.807, 2.05) is 0 Å². The molecule has 2 aliphatic heterocycles. The van der Waals surface area contributed by atoms with Gasteiger partial charge >= 0.3 is 0 Å². The van der Waals surface area contributed by atoms with Crippen LogP contribution in [0.4, 0.5) is 0 Å². The first-order valence-electron chi connectivity index (χ1n) is 10.6. The van der Waals surface area contributed by atoms with Gasteiger partial charge in [-0.15, -0.1) is 0 Å². The molecule has 0 radical (unpaired) electrons. The summed E-state index contributed by atoms with van der Waals surface area (Å²) in [6.45, 7) is 9.56. The highest BCUT2D eigenvalue weighted by Gasteiger charge is 2.33. The molecule has 0 amide bonds. The number of aliphatic hydroxyl groups excluding tert-OH is 1. The molecule has 2 saturated heterocycles. The summed E-state index contributed by atoms with van der Waals surface area (Å²) in [4.78, 5) is 4.99. The molecule has 7 nitrogen and oxygen atoms in total. The van der Waals surface area contributed by atoms with Crippen LogP contribution in [0.5, 0.6) is 17.2 Å². The molecular formula is C21H38N3O4+3. The minimum absolute atomic E-state index is 0.313. The summed E-state index contributed by atoms with van der Waals surface area (Å²) < 4.78 is 16.4. The second-order valence-electron chi connectivity index (χ2n) is 8.12. The summed E-state index contributed by atoms with van der Waals surface area (Å²) in [6, 6.07) is 4.96. The number of hydrogen-bond donors (Lipinski definition) is 4. The number of nitrogens with one attached hydrogen (secondary N) is 3. The number of likely N-dealkylation sites (tertiary alicyclic amines) is 1. The van der Waals surface area contributed by atoms with Crippen LogP contribution >= 0.6 is 0 Å². The largest absolute Gasteiger partial charge is 0.493 e. The highest BCUT2D eigenvalue weighted by Crippen LogP contribution is 2.37. The Morgan fingerprint density at radius 2 is 1.46 bits per heavy atom. The van der Waals surface area contributed by atoms with Gasteiger partial charge < -0.3 is 34.0 Å². The van der Waals surface area contributed by atoms with E-state index >= 15 is 0 Å². The van der Waals surface area contributed by atoms with Gasteiger partial charge in [-0.25, -0.2) is 0 Å². The number of quaternary nitrogens is 3. The van der Waals surface area contributed by atoms with Crippen molar-refractivity contribution < 1.29 is 34.0 Å². The minimum Gasteiger partial charge on any atom is -0.493 e. The molecule has 1 aromatic carbocycles. The van der Waals surface area contributed by atoms with E-state index in [-0.39, 0.29) is 0 Å². The van der Waals surface area contributed by atoms with Crippen LogP contribution < -0.4 is 28.9 Å². The number of rotatable bonds is 8. The third kappa shape index (κ3) is 5.08. The average Bonchev–Trinajstić information content (AvgIpc) is 2.74. The lowest BCUT2D eigenvalue weighted by atomic mass is 10.0. The molecule has 7 heteroatoms. The summed E-state index contributed by atoms with van der Waals surface area (Å²) >= 11 is 0. The Labute approximate surface area is 168 Å². The average molecular weight is 397 g/mol. The predicted molar refractivity (Wildman–Crippen MR) is 107 cm³/mol. The Hall–Kier alpha value is -1.54. The summed E-state index contributed by atoms with van der Waals surface area (Å²) in [5, 5.41) is 9.13. The highest BCUT2D eigenvalue weighted by atomic mass is 16.5. The van der Waals surface area contributed by atoms with Crippen molar-refractivity contribution in [1.82, 2.24) is 0 Å². The zero-order chi connectivity index (χ0) is 19.9. The van der Waals surface area contributed by atoms with Gasteiger partial charge in [0.25, 0.3) is 0 Å². The third-order valence-corrected chi connectivity index (χ3v) is 6.51. The normalized spacial score (nSPS) is 28.0. The van der Waals surface area contributed by atoms with E-state index in [0.717, 1.165) is 30.6 Å². The number of piperidine rings is 1. The molecule has 0 spiro atoms. The first-order chi connectivity index (χ1) is 13.7. The van der Waals surface area contributed by atoms with E-state index in [1.54, 1.807) is 36.0 Å². The molecule has 0 aliphatic carbocycles. The van der Waals surface area contributed by atoms with E-state index in [0.29, 0.717) is 12.4 Å². The molecule has 0 saturated carbocycles. The molecule has 0 unspecified atom stereocenters. The van der Waals surface area contributed by atoms with E-state index in [4.69, 9.17) is 19.3 Å². The molecule has 1 aromatic rings. The smallest absolute Gasteiger partial charge is 0.203 e. The molecule has 2 fully saturated rings. The van der Waals surface area contributed by atoms with Crippen LogP contribution in [0.25, 0.3) is 0 Å². The zero-order valence-corrected chi connectivity index (χ0v) is 17.7. The van der Waals surface area contributed by atoms with Gasteiger partial charge in [0.1, 0.15) is 39.3 Å². The van der Waals surface area contributed by atoms with Crippen LogP contribution in [0.15, 0.2) is 12.1 Å². The number of aliphatic hydroxyl groups is 1. The maximum absolute atomic E-state index is 9.13. The number of hydrogen-bond acceptors (Lipinski definition) is 4. The van der Waals surface area contributed by atoms with Crippen LogP contribution in [0.2, 0.25) is 0 Å². The van der Waals surface area contributed by atoms with Crippen LogP contribution in [-0.4, -0.2) is 84.9 Å². The molecule has 3 rings (SSSR count). The van der Waals surface area contributed by atoms with Crippen molar-refractivity contribution >= 4 is 0 Å². The third-order valence-electron chi connectivity index (χ3n) is 6.51. The fourth-order valence-corrected chi connectivity index (χ4v) is 4.88. The second-order valence-corrected chi connectivity index (χ2v) is 8.12. The van der Waals surface area contributed by atoms with E-state index < -0.39 is 0 Å². The van der Waals surface area contributed by atoms with Gasteiger partial charge in [0.05, 0.1) is 47.1 Å². The second kappa shape index (κ2) is 10.3. The van der Waals surface area contributed by atoms with Gasteiger partial charge in [-0.1, -0.05) is 0 Å². The van der Waals surface area contributed by atoms with Crippen LogP contribution in [-0.2, 0) is 6.54 Å². The van der Waals surface area contributed by atoms with Crippen molar-refractivity contribution in [2.24, 2.45) is 0 Å². The zero-order valence-electron chi connectivity index (χ0n) is 17.7. The maximum Gasteiger partial charge on any atom is 0.203 e. The Balaban J connectivity index is 1.52. The molecule has 0 atom stereocenters. The molecule has 0 bridgehead atoms. The van der Waals surface area contributed by atoms with Gasteiger partial charge in [-0.2, -0.15) is 0 Å². The van der Waals surface area contributed by atoms with Crippen LogP contribution in [0.1, 0.15) is 18.4 Å². The first kappa shape index (κ1) is 21.2. The number of methoxy groups -OCH3 is 3. The van der Waals surface area contributed by atoms with E-state index in [9.17, 15) is 0 Å². The quantitative estimate of drug-likeness (QED) is 0.379. The van der Waals surface area contributed by atoms with Crippen LogP contribution in [0.3, 0.4) is 0 Å². The van der Waals surface area contributed by atoms with Crippen molar-refractivity contribution in [3.8, 4) is 17.2 Å². The lowest BCUT2D eigenvalue weighted by Gasteiger charge is -2.37. The molecule has 28 heavy (non-hydrogen) atoms. The monoisotopic (exact) mass is 396 g/mol. The van der Waals surface area contributed by atoms with E-state index in [2.05, 4.69) is 12.1 Å². The van der Waals surface area contributed by atoms with Crippen molar-refractivity contribution in [1.29, 1.82) is 0 Å². The fourth-order valence-electron chi connectivity index (χ4n) is 4.88. The number of piperazine rings is 1. The van der Waals surface area contributed by atoms with Gasteiger partial charge in [-0.05, 0) is 12.1 Å². The lowest BCUT2D eigenvalue weighted by Crippen LogP contribution is -3.30. The molecule has 0 aromatic heterocycles. The van der Waals surface area contributed by atoms with Crippen molar-refractivity contribution in [3.63, 3.8) is 0 Å². The topological polar surface area (TPSA) is 61.2 Å². The number of ether oxygens (including phenoxy) is 3. The standard InChI is InChI=1S/C21H35N3O4/c1-26-19-14-17(15-20(27-2)21(19)28-3)16-23-6-4-18(5-7-23)24-10-8-22(9-11-24)12-13-25/h14-15,18,25H,4-13,16H2,1-3H3/p+3. The van der Waals surface area contributed by atoms with Gasteiger partial charge in [0.2, 0.25) is 5.75 Å². The number of benzene rings is 1. The molecular weight excluding hydrogens is 358 g/mol. The summed E-state index contributed by atoms with van der Waals surface area (Å²) in [5.74, 6) is 2.13. The van der Waals surface area contributed by atoms with Gasteiger partial charge in [0.15, 0.2) is 11.5 Å². The summed E-state index contributed by atoms with van der Waals surface area (Å²) in [6.07, 6.45) is 2.59. The molecule has 2 heterocycles. The van der Waals surface area contributed by atoms with Crippen LogP contribution in [0, 0.1) is 0 Å².